The third-order valence-corrected chi connectivity index (χ3v) is 4.46. The molecular weight excluding hydrogens is 472 g/mol. The number of fused-ring (bicyclic) bond motifs is 1. The number of nitrogens with one attached hydrogen (secondary N) is 2. The number of pyridine rings is 1. The Kier molecular flexibility index (Phi) is 6.93. The predicted molar refractivity (Wildman–Crippen MR) is 110 cm³/mol. The maximum atomic E-state index is 13.0. The lowest BCUT2D eigenvalue weighted by atomic mass is 10.1. The van der Waals surface area contributed by atoms with E-state index in [9.17, 15) is 36.2 Å². The highest BCUT2D eigenvalue weighted by molar-refractivity contribution is 6.01. The summed E-state index contributed by atoms with van der Waals surface area (Å²) < 4.78 is 85.8. The van der Waals surface area contributed by atoms with E-state index < -0.39 is 42.0 Å². The Morgan fingerprint density at radius 3 is 2.26 bits per heavy atom. The van der Waals surface area contributed by atoms with Crippen molar-refractivity contribution in [2.75, 3.05) is 24.3 Å². The molecule has 7 nitrogen and oxygen atoms in total. The van der Waals surface area contributed by atoms with Gasteiger partial charge in [-0.05, 0) is 29.8 Å². The summed E-state index contributed by atoms with van der Waals surface area (Å²) in [6, 6.07) is 9.59. The zero-order chi connectivity index (χ0) is 25.1. The van der Waals surface area contributed by atoms with Crippen LogP contribution in [0.1, 0.15) is 16.1 Å². The molecule has 0 bridgehead atoms. The van der Waals surface area contributed by atoms with Crippen LogP contribution in [0.3, 0.4) is 0 Å². The number of halogens is 6. The van der Waals surface area contributed by atoms with Gasteiger partial charge in [-0.3, -0.25) is 0 Å². The predicted octanol–water partition coefficient (Wildman–Crippen LogP) is 5.43. The van der Waals surface area contributed by atoms with Crippen LogP contribution in [0.2, 0.25) is 0 Å². The molecule has 0 atom stereocenters. The smallest absolute Gasteiger partial charge is 0.497 e. The van der Waals surface area contributed by atoms with E-state index in [2.05, 4.69) is 15.0 Å². The van der Waals surface area contributed by atoms with E-state index in [-0.39, 0.29) is 23.3 Å². The van der Waals surface area contributed by atoms with Crippen molar-refractivity contribution in [3.63, 3.8) is 0 Å². The van der Waals surface area contributed by atoms with Gasteiger partial charge in [-0.1, -0.05) is 12.1 Å². The molecule has 0 spiro atoms. The largest absolute Gasteiger partial charge is 0.573 e. The standard InChI is InChI=1S/C21H17F6N3O4/c1-33-13-4-2-11(3-5-13)9-28-15-8-16(19(31)32)30-18-14(15)6-12(29-10-20(22,23)24)7-17(18)34-21(25,26)27/h2-8,29H,9-10H2,1H3,(H,28,30)(H,31,32). The topological polar surface area (TPSA) is 92.7 Å². The van der Waals surface area contributed by atoms with Crippen LogP contribution in [0.25, 0.3) is 10.9 Å². The Bertz CT molecular complexity index is 1180. The molecule has 3 rings (SSSR count). The average molecular weight is 489 g/mol. The number of hydrogen-bond acceptors (Lipinski definition) is 6. The normalized spacial score (nSPS) is 11.9. The molecular formula is C21H17F6N3O4. The number of aromatic carboxylic acids is 1. The fraction of sp³-hybridized carbons (Fsp3) is 0.238. The first kappa shape index (κ1) is 24.7. The van der Waals surface area contributed by atoms with Crippen LogP contribution in [0, 0.1) is 0 Å². The second-order valence-corrected chi connectivity index (χ2v) is 6.95. The van der Waals surface area contributed by atoms with Crippen molar-refractivity contribution >= 4 is 28.2 Å². The molecule has 2 aromatic carbocycles. The highest BCUT2D eigenvalue weighted by Gasteiger charge is 2.33. The van der Waals surface area contributed by atoms with Gasteiger partial charge in [0.1, 0.15) is 17.8 Å². The number of carboxylic acids is 1. The fourth-order valence-corrected chi connectivity index (χ4v) is 3.00. The average Bonchev–Trinajstić information content (AvgIpc) is 2.74. The van der Waals surface area contributed by atoms with Gasteiger partial charge in [-0.15, -0.1) is 13.2 Å². The van der Waals surface area contributed by atoms with Crippen LogP contribution in [-0.2, 0) is 6.54 Å². The quantitative estimate of drug-likeness (QED) is 0.364. The van der Waals surface area contributed by atoms with Gasteiger partial charge in [0.25, 0.3) is 0 Å². The van der Waals surface area contributed by atoms with E-state index in [1.807, 2.05) is 5.32 Å². The summed E-state index contributed by atoms with van der Waals surface area (Å²) in [7, 11) is 1.48. The number of carbonyl (C=O) groups is 1. The minimum Gasteiger partial charge on any atom is -0.497 e. The van der Waals surface area contributed by atoms with Crippen LogP contribution in [-0.4, -0.2) is 42.3 Å². The van der Waals surface area contributed by atoms with Crippen LogP contribution in [0.5, 0.6) is 11.5 Å². The summed E-state index contributed by atoms with van der Waals surface area (Å²) in [5, 5.41) is 14.2. The third-order valence-electron chi connectivity index (χ3n) is 4.46. The summed E-state index contributed by atoms with van der Waals surface area (Å²) >= 11 is 0. The van der Waals surface area contributed by atoms with Crippen LogP contribution < -0.4 is 20.1 Å². The summed E-state index contributed by atoms with van der Waals surface area (Å²) in [4.78, 5) is 15.2. The van der Waals surface area contributed by atoms with Gasteiger partial charge >= 0.3 is 18.5 Å². The Morgan fingerprint density at radius 1 is 1.03 bits per heavy atom. The van der Waals surface area contributed by atoms with Gasteiger partial charge in [0.15, 0.2) is 11.4 Å². The number of hydrogen-bond donors (Lipinski definition) is 3. The van der Waals surface area contributed by atoms with E-state index in [4.69, 9.17) is 4.74 Å². The number of alkyl halides is 6. The highest BCUT2D eigenvalue weighted by atomic mass is 19.4. The van der Waals surface area contributed by atoms with Gasteiger partial charge < -0.3 is 25.2 Å². The molecule has 0 aliphatic carbocycles. The van der Waals surface area contributed by atoms with Crippen LogP contribution >= 0.6 is 0 Å². The number of benzene rings is 2. The lowest BCUT2D eigenvalue weighted by Crippen LogP contribution is -2.22. The minimum atomic E-state index is -5.20. The number of anilines is 2. The maximum absolute atomic E-state index is 13.0. The maximum Gasteiger partial charge on any atom is 0.573 e. The van der Waals surface area contributed by atoms with Crippen molar-refractivity contribution in [1.29, 1.82) is 0 Å². The number of carboxylic acid groups (broad SMARTS) is 1. The van der Waals surface area contributed by atoms with Gasteiger partial charge in [0.2, 0.25) is 0 Å². The van der Waals surface area contributed by atoms with E-state index >= 15 is 0 Å². The lowest BCUT2D eigenvalue weighted by molar-refractivity contribution is -0.274. The third kappa shape index (κ3) is 6.56. The Labute approximate surface area is 188 Å². The molecule has 0 unspecified atom stereocenters. The number of methoxy groups -OCH3 is 1. The van der Waals surface area contributed by atoms with E-state index in [1.165, 1.54) is 7.11 Å². The van der Waals surface area contributed by atoms with E-state index in [0.717, 1.165) is 12.1 Å². The Morgan fingerprint density at radius 2 is 1.71 bits per heavy atom. The SMILES string of the molecule is COc1ccc(CNc2cc(C(=O)O)nc3c(OC(F)(F)F)cc(NCC(F)(F)F)cc23)cc1. The molecule has 3 aromatic rings. The fourth-order valence-electron chi connectivity index (χ4n) is 3.00. The van der Waals surface area contributed by atoms with Crippen molar-refractivity contribution in [2.45, 2.75) is 19.1 Å². The van der Waals surface area contributed by atoms with Crippen LogP contribution in [0.4, 0.5) is 37.7 Å². The summed E-state index contributed by atoms with van der Waals surface area (Å²) in [6.45, 7) is -1.41. The minimum absolute atomic E-state index is 0.0286. The zero-order valence-corrected chi connectivity index (χ0v) is 17.3. The number of nitrogens with zero attached hydrogens (tertiary/aromatic N) is 1. The first-order valence-electron chi connectivity index (χ1n) is 9.50. The van der Waals surface area contributed by atoms with Crippen molar-refractivity contribution in [3.8, 4) is 11.5 Å². The molecule has 182 valence electrons. The number of aromatic nitrogens is 1. The van der Waals surface area contributed by atoms with Crippen LogP contribution in [0.15, 0.2) is 42.5 Å². The van der Waals surface area contributed by atoms with Crippen molar-refractivity contribution < 1.29 is 45.7 Å². The van der Waals surface area contributed by atoms with E-state index in [1.54, 1.807) is 24.3 Å². The Balaban J connectivity index is 2.09. The number of rotatable bonds is 8. The van der Waals surface area contributed by atoms with Crippen molar-refractivity contribution in [2.24, 2.45) is 0 Å². The molecule has 0 radical (unpaired) electrons. The molecule has 1 aromatic heterocycles. The molecule has 34 heavy (non-hydrogen) atoms. The lowest BCUT2D eigenvalue weighted by Gasteiger charge is -2.17. The second kappa shape index (κ2) is 9.53. The monoisotopic (exact) mass is 489 g/mol. The summed E-state index contributed by atoms with van der Waals surface area (Å²) in [6.07, 6.45) is -9.84. The Hall–Kier alpha value is -3.90. The molecule has 0 fully saturated rings. The second-order valence-electron chi connectivity index (χ2n) is 6.95. The molecule has 0 amide bonds. The van der Waals surface area contributed by atoms with Gasteiger partial charge in [-0.2, -0.15) is 13.2 Å². The van der Waals surface area contributed by atoms with Gasteiger partial charge in [-0.25, -0.2) is 9.78 Å². The molecule has 13 heteroatoms. The first-order chi connectivity index (χ1) is 15.8. The first-order valence-corrected chi connectivity index (χ1v) is 9.50. The summed E-state index contributed by atoms with van der Waals surface area (Å²) in [5.41, 5.74) is -0.678. The molecule has 0 saturated carbocycles. The van der Waals surface area contributed by atoms with E-state index in [0.29, 0.717) is 17.4 Å². The van der Waals surface area contributed by atoms with Gasteiger partial charge in [0, 0.05) is 29.4 Å². The molecule has 0 saturated heterocycles. The molecule has 0 aliphatic heterocycles. The summed E-state index contributed by atoms with van der Waals surface area (Å²) in [5.74, 6) is -1.89. The van der Waals surface area contributed by atoms with Crippen molar-refractivity contribution in [3.05, 3.63) is 53.7 Å². The number of ether oxygens (including phenoxy) is 2. The van der Waals surface area contributed by atoms with Crippen molar-refractivity contribution in [1.82, 2.24) is 4.98 Å². The molecule has 0 aliphatic rings. The highest BCUT2D eigenvalue weighted by Crippen LogP contribution is 2.37. The molecule has 3 N–H and O–H groups in total. The van der Waals surface area contributed by atoms with Gasteiger partial charge in [0.05, 0.1) is 7.11 Å². The zero-order valence-electron chi connectivity index (χ0n) is 17.3. The molecule has 1 heterocycles.